The third kappa shape index (κ3) is 3.91. The molecule has 1 amide bonds. The molecule has 0 saturated carbocycles. The Hall–Kier alpha value is -3.81. The van der Waals surface area contributed by atoms with Crippen molar-refractivity contribution >= 4 is 23.7 Å². The van der Waals surface area contributed by atoms with E-state index in [0.717, 1.165) is 6.29 Å². The zero-order valence-electron chi connectivity index (χ0n) is 15.5. The highest BCUT2D eigenvalue weighted by Crippen LogP contribution is 2.28. The number of para-hydroxylation sites is 1. The number of aldehydes is 1. The summed E-state index contributed by atoms with van der Waals surface area (Å²) in [5.74, 6) is -0.303. The van der Waals surface area contributed by atoms with Crippen molar-refractivity contribution in [3.05, 3.63) is 71.5 Å². The van der Waals surface area contributed by atoms with E-state index >= 15 is 0 Å². The van der Waals surface area contributed by atoms with Crippen LogP contribution in [-0.2, 0) is 17.9 Å². The van der Waals surface area contributed by atoms with Gasteiger partial charge in [-0.15, -0.1) is 5.10 Å². The van der Waals surface area contributed by atoms with Crippen molar-refractivity contribution in [3.8, 4) is 5.75 Å². The second kappa shape index (κ2) is 8.05. The molecule has 1 aliphatic rings. The molecule has 0 N–H and O–H groups in total. The predicted octanol–water partition coefficient (Wildman–Crippen LogP) is 2.29. The third-order valence-corrected chi connectivity index (χ3v) is 4.64. The van der Waals surface area contributed by atoms with Crippen LogP contribution in [0.4, 0.5) is 5.69 Å². The van der Waals surface area contributed by atoms with Crippen molar-refractivity contribution in [1.82, 2.24) is 15.0 Å². The van der Waals surface area contributed by atoms with Gasteiger partial charge in [0.15, 0.2) is 0 Å². The number of anilines is 1. The zero-order chi connectivity index (χ0) is 20.2. The van der Waals surface area contributed by atoms with Gasteiger partial charge in [-0.1, -0.05) is 17.3 Å². The van der Waals surface area contributed by atoms with Gasteiger partial charge in [0.25, 0.3) is 11.7 Å². The molecule has 1 aliphatic heterocycles. The number of fused-ring (bicyclic) bond motifs is 1. The molecule has 2 heterocycles. The minimum absolute atomic E-state index is 0.257. The number of aromatic nitrogens is 3. The van der Waals surface area contributed by atoms with Gasteiger partial charge in [-0.05, 0) is 42.8 Å². The Bertz CT molecular complexity index is 1060. The van der Waals surface area contributed by atoms with Gasteiger partial charge >= 0.3 is 0 Å². The molecule has 8 heteroatoms. The smallest absolute Gasteiger partial charge is 0.299 e. The highest BCUT2D eigenvalue weighted by molar-refractivity contribution is 6.52. The van der Waals surface area contributed by atoms with Gasteiger partial charge in [-0.2, -0.15) is 0 Å². The second-order valence-corrected chi connectivity index (χ2v) is 6.61. The van der Waals surface area contributed by atoms with Crippen molar-refractivity contribution in [3.63, 3.8) is 0 Å². The number of nitrogens with zero attached hydrogens (tertiary/aromatic N) is 4. The van der Waals surface area contributed by atoms with E-state index in [1.165, 1.54) is 4.90 Å². The maximum absolute atomic E-state index is 12.2. The summed E-state index contributed by atoms with van der Waals surface area (Å²) in [7, 11) is 0. The number of aryl methyl sites for hydroxylation is 1. The standard InChI is InChI=1S/C21H18N4O4/c26-13-15-6-8-17(9-7-15)29-14-16-12-24(23-22-16)10-3-11-25-19-5-2-1-4-18(19)20(27)21(25)28/h1-2,4-9,12-13H,3,10-11,14H2. The molecule has 3 aromatic rings. The van der Waals surface area contributed by atoms with Crippen LogP contribution >= 0.6 is 0 Å². The zero-order valence-corrected chi connectivity index (χ0v) is 15.5. The van der Waals surface area contributed by atoms with Crippen LogP contribution in [0.1, 0.15) is 32.8 Å². The Morgan fingerprint density at radius 3 is 2.59 bits per heavy atom. The molecular weight excluding hydrogens is 372 g/mol. The number of carbonyl (C=O) groups is 3. The summed E-state index contributed by atoms with van der Waals surface area (Å²) >= 11 is 0. The number of ketones is 1. The van der Waals surface area contributed by atoms with E-state index in [2.05, 4.69) is 10.3 Å². The minimum atomic E-state index is -0.487. The quantitative estimate of drug-likeness (QED) is 0.433. The lowest BCUT2D eigenvalue weighted by molar-refractivity contribution is -0.114. The van der Waals surface area contributed by atoms with Crippen LogP contribution in [0.3, 0.4) is 0 Å². The van der Waals surface area contributed by atoms with Gasteiger partial charge in [-0.25, -0.2) is 0 Å². The fraction of sp³-hybridized carbons (Fsp3) is 0.190. The molecular formula is C21H18N4O4. The normalized spacial score (nSPS) is 12.9. The highest BCUT2D eigenvalue weighted by atomic mass is 16.5. The van der Waals surface area contributed by atoms with E-state index in [-0.39, 0.29) is 6.61 Å². The van der Waals surface area contributed by atoms with Crippen LogP contribution in [0.15, 0.2) is 54.7 Å². The van der Waals surface area contributed by atoms with Gasteiger partial charge in [0.05, 0.1) is 17.4 Å². The van der Waals surface area contributed by atoms with Gasteiger partial charge in [0, 0.05) is 18.7 Å². The third-order valence-electron chi connectivity index (χ3n) is 4.64. The van der Waals surface area contributed by atoms with E-state index in [0.29, 0.717) is 47.8 Å². The second-order valence-electron chi connectivity index (χ2n) is 6.61. The Labute approximate surface area is 166 Å². The van der Waals surface area contributed by atoms with Crippen LogP contribution in [0.5, 0.6) is 5.75 Å². The molecule has 29 heavy (non-hydrogen) atoms. The van der Waals surface area contributed by atoms with E-state index in [9.17, 15) is 14.4 Å². The number of hydrogen-bond donors (Lipinski definition) is 0. The molecule has 0 atom stereocenters. The largest absolute Gasteiger partial charge is 0.487 e. The maximum atomic E-state index is 12.2. The van der Waals surface area contributed by atoms with E-state index < -0.39 is 11.7 Å². The first kappa shape index (κ1) is 18.5. The summed E-state index contributed by atoms with van der Waals surface area (Å²) in [6, 6.07) is 13.8. The fourth-order valence-corrected chi connectivity index (χ4v) is 3.17. The minimum Gasteiger partial charge on any atom is -0.487 e. The van der Waals surface area contributed by atoms with E-state index in [4.69, 9.17) is 4.74 Å². The Kier molecular flexibility index (Phi) is 5.15. The van der Waals surface area contributed by atoms with Crippen molar-refractivity contribution in [2.45, 2.75) is 19.6 Å². The molecule has 0 unspecified atom stereocenters. The van der Waals surface area contributed by atoms with E-state index in [1.807, 2.05) is 6.07 Å². The van der Waals surface area contributed by atoms with Gasteiger partial charge in [0.1, 0.15) is 24.3 Å². The Morgan fingerprint density at radius 1 is 1.00 bits per heavy atom. The first-order valence-corrected chi connectivity index (χ1v) is 9.18. The number of rotatable bonds is 8. The molecule has 0 saturated heterocycles. The summed E-state index contributed by atoms with van der Waals surface area (Å²) in [4.78, 5) is 36.4. The Morgan fingerprint density at radius 2 is 1.79 bits per heavy atom. The topological polar surface area (TPSA) is 94.4 Å². The number of hydrogen-bond acceptors (Lipinski definition) is 6. The molecule has 0 radical (unpaired) electrons. The molecule has 8 nitrogen and oxygen atoms in total. The average Bonchev–Trinajstić information content (AvgIpc) is 3.31. The summed E-state index contributed by atoms with van der Waals surface area (Å²) in [6.45, 7) is 1.24. The monoisotopic (exact) mass is 390 g/mol. The lowest BCUT2D eigenvalue weighted by atomic mass is 10.1. The summed E-state index contributed by atoms with van der Waals surface area (Å²) in [5.41, 5.74) is 2.38. The molecule has 0 bridgehead atoms. The molecule has 2 aromatic carbocycles. The van der Waals surface area contributed by atoms with Crippen LogP contribution in [0, 0.1) is 0 Å². The number of benzene rings is 2. The van der Waals surface area contributed by atoms with E-state index in [1.54, 1.807) is 53.3 Å². The van der Waals surface area contributed by atoms with Crippen molar-refractivity contribution < 1.29 is 19.1 Å². The molecule has 0 fully saturated rings. The first-order valence-electron chi connectivity index (χ1n) is 9.18. The lowest BCUT2D eigenvalue weighted by Crippen LogP contribution is -2.31. The van der Waals surface area contributed by atoms with Gasteiger partial charge in [0.2, 0.25) is 0 Å². The van der Waals surface area contributed by atoms with Gasteiger partial charge < -0.3 is 9.64 Å². The molecule has 1 aromatic heterocycles. The summed E-state index contributed by atoms with van der Waals surface area (Å²) in [5, 5.41) is 8.14. The summed E-state index contributed by atoms with van der Waals surface area (Å²) < 4.78 is 7.32. The van der Waals surface area contributed by atoms with Crippen LogP contribution in [0.2, 0.25) is 0 Å². The Balaban J connectivity index is 1.29. The number of carbonyl (C=O) groups excluding carboxylic acids is 3. The number of amides is 1. The maximum Gasteiger partial charge on any atom is 0.299 e. The SMILES string of the molecule is O=Cc1ccc(OCc2cn(CCCN3C(=O)C(=O)c4ccccc43)nn2)cc1. The molecule has 4 rings (SSSR count). The van der Waals surface area contributed by atoms with Crippen molar-refractivity contribution in [2.24, 2.45) is 0 Å². The van der Waals surface area contributed by atoms with Crippen molar-refractivity contribution in [2.75, 3.05) is 11.4 Å². The molecule has 0 spiro atoms. The van der Waals surface area contributed by atoms with Crippen LogP contribution in [0.25, 0.3) is 0 Å². The number of Topliss-reactive ketones (excluding diaryl/α,β-unsaturated/α-hetero) is 1. The lowest BCUT2D eigenvalue weighted by Gasteiger charge is -2.15. The number of ether oxygens (including phenoxy) is 1. The highest BCUT2D eigenvalue weighted by Gasteiger charge is 2.34. The fourth-order valence-electron chi connectivity index (χ4n) is 3.17. The summed E-state index contributed by atoms with van der Waals surface area (Å²) in [6.07, 6.45) is 3.19. The first-order chi connectivity index (χ1) is 14.2. The predicted molar refractivity (Wildman–Crippen MR) is 104 cm³/mol. The molecule has 0 aliphatic carbocycles. The van der Waals surface area contributed by atoms with Crippen LogP contribution < -0.4 is 9.64 Å². The van der Waals surface area contributed by atoms with Gasteiger partial charge in [-0.3, -0.25) is 19.1 Å². The van der Waals surface area contributed by atoms with Crippen molar-refractivity contribution in [1.29, 1.82) is 0 Å². The van der Waals surface area contributed by atoms with Crippen LogP contribution in [-0.4, -0.2) is 39.5 Å². The molecule has 146 valence electrons. The average molecular weight is 390 g/mol.